The molecule has 2 aromatic heterocycles. The Labute approximate surface area is 209 Å². The fourth-order valence-electron chi connectivity index (χ4n) is 3.77. The number of hydrogen-bond acceptors (Lipinski definition) is 10. The largest absolute Gasteiger partial charge is 0.493 e. The average molecular weight is 491 g/mol. The Balaban J connectivity index is 1.63. The first-order chi connectivity index (χ1) is 17.6. The lowest BCUT2D eigenvalue weighted by Gasteiger charge is -2.14. The molecule has 0 bridgehead atoms. The van der Waals surface area contributed by atoms with Crippen LogP contribution in [0.5, 0.6) is 17.2 Å². The van der Waals surface area contributed by atoms with Crippen molar-refractivity contribution in [3.63, 3.8) is 0 Å². The highest BCUT2D eigenvalue weighted by atomic mass is 16.5. The zero-order chi connectivity index (χ0) is 25.5. The van der Waals surface area contributed by atoms with Gasteiger partial charge in [-0.2, -0.15) is 10.4 Å². The van der Waals surface area contributed by atoms with Crippen LogP contribution in [-0.4, -0.2) is 42.0 Å². The number of benzene rings is 1. The van der Waals surface area contributed by atoms with E-state index in [0.717, 1.165) is 28.7 Å². The summed E-state index contributed by atoms with van der Waals surface area (Å²) < 4.78 is 18.2. The van der Waals surface area contributed by atoms with Gasteiger partial charge in [0.25, 0.3) is 0 Å². The molecule has 0 saturated heterocycles. The Morgan fingerprint density at radius 2 is 1.97 bits per heavy atom. The maximum absolute atomic E-state index is 5.44. The van der Waals surface area contributed by atoms with E-state index in [0.29, 0.717) is 35.3 Å². The molecule has 11 heteroatoms. The minimum atomic E-state index is -0.136. The molecule has 1 atom stereocenters. The molecule has 0 saturated carbocycles. The topological polar surface area (TPSA) is 119 Å². The number of methoxy groups -OCH3 is 3. The van der Waals surface area contributed by atoms with E-state index in [-0.39, 0.29) is 6.17 Å². The number of hydrazine groups is 1. The summed E-state index contributed by atoms with van der Waals surface area (Å²) in [5.74, 6) is 1.99. The lowest BCUT2D eigenvalue weighted by molar-refractivity contribution is 0.324. The predicted octanol–water partition coefficient (Wildman–Crippen LogP) is 4.76. The zero-order valence-electron chi connectivity index (χ0n) is 20.8. The minimum Gasteiger partial charge on any atom is -0.493 e. The Bertz CT molecular complexity index is 1300. The maximum Gasteiger partial charge on any atom is 0.229 e. The van der Waals surface area contributed by atoms with E-state index in [1.54, 1.807) is 39.7 Å². The van der Waals surface area contributed by atoms with Crippen molar-refractivity contribution in [1.82, 2.24) is 25.5 Å². The molecule has 36 heavy (non-hydrogen) atoms. The molecule has 1 unspecified atom stereocenters. The first-order valence-corrected chi connectivity index (χ1v) is 11.4. The summed E-state index contributed by atoms with van der Waals surface area (Å²) in [7, 11) is 4.71. The highest BCUT2D eigenvalue weighted by molar-refractivity contribution is 5.82. The van der Waals surface area contributed by atoms with Crippen molar-refractivity contribution >= 4 is 28.4 Å². The third-order valence-corrected chi connectivity index (χ3v) is 5.48. The van der Waals surface area contributed by atoms with Crippen molar-refractivity contribution in [2.75, 3.05) is 26.6 Å². The summed E-state index contributed by atoms with van der Waals surface area (Å²) in [6, 6.07) is 5.55. The molecule has 0 aliphatic carbocycles. The van der Waals surface area contributed by atoms with E-state index in [1.807, 2.05) is 22.9 Å². The highest BCUT2D eigenvalue weighted by Gasteiger charge is 2.15. The van der Waals surface area contributed by atoms with Crippen molar-refractivity contribution in [3.05, 3.63) is 61.0 Å². The monoisotopic (exact) mass is 490 g/mol. The van der Waals surface area contributed by atoms with Crippen LogP contribution in [0.4, 0.5) is 11.6 Å². The van der Waals surface area contributed by atoms with Gasteiger partial charge in [-0.1, -0.05) is 30.9 Å². The fraction of sp³-hybridized carbons (Fsp3) is 0.280. The van der Waals surface area contributed by atoms with Gasteiger partial charge in [0.2, 0.25) is 11.7 Å². The van der Waals surface area contributed by atoms with Crippen molar-refractivity contribution in [2.45, 2.75) is 25.9 Å². The predicted molar refractivity (Wildman–Crippen MR) is 139 cm³/mol. The third kappa shape index (κ3) is 5.47. The Kier molecular flexibility index (Phi) is 7.81. The number of fused-ring (bicyclic) bond motifs is 1. The first kappa shape index (κ1) is 24.7. The van der Waals surface area contributed by atoms with Crippen LogP contribution in [0.15, 0.2) is 71.3 Å². The summed E-state index contributed by atoms with van der Waals surface area (Å²) in [6.45, 7) is 6.38. The van der Waals surface area contributed by atoms with E-state index in [9.17, 15) is 0 Å². The third-order valence-electron chi connectivity index (χ3n) is 5.48. The van der Waals surface area contributed by atoms with Crippen molar-refractivity contribution in [3.8, 4) is 17.2 Å². The molecular formula is C25H30N8O3. The lowest BCUT2D eigenvalue weighted by atomic mass is 10.1. The smallest absolute Gasteiger partial charge is 0.229 e. The number of hydrogen-bond donors (Lipinski definition) is 3. The summed E-state index contributed by atoms with van der Waals surface area (Å²) in [6.07, 6.45) is 11.4. The summed E-state index contributed by atoms with van der Waals surface area (Å²) in [5, 5.41) is 12.0. The van der Waals surface area contributed by atoms with Gasteiger partial charge in [-0.15, -0.1) is 5.11 Å². The van der Waals surface area contributed by atoms with E-state index < -0.39 is 0 Å². The maximum atomic E-state index is 5.44. The van der Waals surface area contributed by atoms with Crippen LogP contribution in [0.3, 0.4) is 0 Å². The van der Waals surface area contributed by atoms with E-state index in [2.05, 4.69) is 57.3 Å². The fourth-order valence-corrected chi connectivity index (χ4v) is 3.77. The Morgan fingerprint density at radius 1 is 1.19 bits per heavy atom. The quantitative estimate of drug-likeness (QED) is 0.329. The van der Waals surface area contributed by atoms with Gasteiger partial charge < -0.3 is 24.1 Å². The van der Waals surface area contributed by atoms with Crippen LogP contribution in [0, 0.1) is 0 Å². The molecule has 0 spiro atoms. The molecule has 188 valence electrons. The molecule has 0 amide bonds. The molecular weight excluding hydrogens is 460 g/mol. The van der Waals surface area contributed by atoms with Gasteiger partial charge in [0, 0.05) is 47.7 Å². The van der Waals surface area contributed by atoms with Crippen LogP contribution in [0.25, 0.3) is 16.7 Å². The van der Waals surface area contributed by atoms with Crippen molar-refractivity contribution < 1.29 is 14.2 Å². The molecule has 3 N–H and O–H groups in total. The van der Waals surface area contributed by atoms with Gasteiger partial charge in [0.05, 0.1) is 21.3 Å². The van der Waals surface area contributed by atoms with Gasteiger partial charge in [0.1, 0.15) is 11.8 Å². The second-order valence-corrected chi connectivity index (χ2v) is 7.91. The van der Waals surface area contributed by atoms with Crippen LogP contribution in [0.1, 0.15) is 19.8 Å². The lowest BCUT2D eigenvalue weighted by Crippen LogP contribution is -2.30. The van der Waals surface area contributed by atoms with Gasteiger partial charge in [0.15, 0.2) is 11.5 Å². The Hall–Kier alpha value is -4.38. The van der Waals surface area contributed by atoms with Gasteiger partial charge >= 0.3 is 0 Å². The number of rotatable bonds is 11. The average Bonchev–Trinajstić information content (AvgIpc) is 3.56. The molecule has 0 radical (unpaired) electrons. The summed E-state index contributed by atoms with van der Waals surface area (Å²) >= 11 is 0. The van der Waals surface area contributed by atoms with Crippen LogP contribution >= 0.6 is 0 Å². The number of anilines is 2. The number of aromatic nitrogens is 3. The Morgan fingerprint density at radius 3 is 2.61 bits per heavy atom. The van der Waals surface area contributed by atoms with Gasteiger partial charge in [-0.05, 0) is 24.1 Å². The molecule has 1 aromatic carbocycles. The molecule has 3 heterocycles. The van der Waals surface area contributed by atoms with Crippen LogP contribution in [0.2, 0.25) is 0 Å². The highest BCUT2D eigenvalue weighted by Crippen LogP contribution is 2.40. The summed E-state index contributed by atoms with van der Waals surface area (Å²) in [4.78, 5) is 9.20. The van der Waals surface area contributed by atoms with Gasteiger partial charge in [-0.3, -0.25) is 0 Å². The van der Waals surface area contributed by atoms with Crippen LogP contribution in [-0.2, 0) is 0 Å². The number of nitrogens with one attached hydrogen (secondary N) is 3. The molecule has 1 aliphatic heterocycles. The molecule has 11 nitrogen and oxygen atoms in total. The first-order valence-electron chi connectivity index (χ1n) is 11.4. The number of nitrogens with zero attached hydrogens (tertiary/aromatic N) is 5. The van der Waals surface area contributed by atoms with Crippen LogP contribution < -0.4 is 30.5 Å². The number of ether oxygens (including phenoxy) is 3. The standard InChI is InChI=1S/C25H30N8O3/c1-6-7-8-17(12-22-29-31-32-30-22)11-16(2)33-10-9-18-15-26-25(28-24(18)33)27-19-13-20(34-3)23(36-5)21(14-19)35-4/h7-11,13-15,22H,2,6,12H2,1,3-5H3,(H,29,32)(H,30,31)(H,26,27,28)/b8-7-,17-11+. The molecule has 1 aliphatic rings. The SMILES string of the molecule is C=C(/C=C(\C=C/CC)CC1N=NNN1)n1ccc2cnc(Nc3cc(OC)c(OC)c(OC)c3)nc21. The zero-order valence-corrected chi connectivity index (χ0v) is 20.8. The molecule has 3 aromatic rings. The van der Waals surface area contributed by atoms with E-state index in [4.69, 9.17) is 19.2 Å². The number of allylic oxidation sites excluding steroid dienone is 4. The van der Waals surface area contributed by atoms with E-state index >= 15 is 0 Å². The summed E-state index contributed by atoms with van der Waals surface area (Å²) in [5.41, 5.74) is 8.92. The molecule has 0 fully saturated rings. The van der Waals surface area contributed by atoms with E-state index in [1.165, 1.54) is 0 Å². The van der Waals surface area contributed by atoms with Crippen molar-refractivity contribution in [2.24, 2.45) is 10.3 Å². The second kappa shape index (κ2) is 11.4. The normalized spacial score (nSPS) is 15.3. The van der Waals surface area contributed by atoms with Crippen molar-refractivity contribution in [1.29, 1.82) is 0 Å². The minimum absolute atomic E-state index is 0.136. The van der Waals surface area contributed by atoms with Gasteiger partial charge in [-0.25, -0.2) is 10.5 Å². The second-order valence-electron chi connectivity index (χ2n) is 7.91. The molecule has 4 rings (SSSR count).